The van der Waals surface area contributed by atoms with Gasteiger partial charge in [-0.3, -0.25) is 14.5 Å². The summed E-state index contributed by atoms with van der Waals surface area (Å²) in [5.74, 6) is -1.31. The molecule has 6 nitrogen and oxygen atoms in total. The maximum atomic E-state index is 13.6. The Morgan fingerprint density at radius 2 is 1.70 bits per heavy atom. The van der Waals surface area contributed by atoms with Crippen molar-refractivity contribution in [1.29, 1.82) is 0 Å². The number of ketones is 1. The first-order valence-electron chi connectivity index (χ1n) is 10.4. The summed E-state index contributed by atoms with van der Waals surface area (Å²) < 4.78 is 24.3. The van der Waals surface area contributed by atoms with Crippen molar-refractivity contribution < 1.29 is 28.6 Å². The molecule has 168 valence electrons. The number of aliphatic hydroxyl groups is 1. The quantitative estimate of drug-likeness (QED) is 0.332. The van der Waals surface area contributed by atoms with Crippen LogP contribution in [0.15, 0.2) is 78.4 Å². The Hall–Kier alpha value is -4.13. The predicted molar refractivity (Wildman–Crippen MR) is 122 cm³/mol. The van der Waals surface area contributed by atoms with Crippen molar-refractivity contribution in [3.8, 4) is 11.5 Å². The number of ether oxygens (including phenoxy) is 2. The smallest absolute Gasteiger partial charge is 0.300 e. The first kappa shape index (κ1) is 22.1. The molecule has 4 rings (SSSR count). The van der Waals surface area contributed by atoms with E-state index in [2.05, 4.69) is 0 Å². The van der Waals surface area contributed by atoms with Gasteiger partial charge in [-0.05, 0) is 61.0 Å². The molecular formula is C26H22FNO5. The SMILES string of the molecule is CCOc1cccc(/C(O)=C2/C(=O)C(=O)N(c3ccc(OC)cc3)C2c2ccc(F)cc2)c1. The molecule has 1 aliphatic heterocycles. The van der Waals surface area contributed by atoms with E-state index in [1.807, 2.05) is 6.92 Å². The monoisotopic (exact) mass is 447 g/mol. The zero-order valence-corrected chi connectivity index (χ0v) is 18.1. The van der Waals surface area contributed by atoms with E-state index >= 15 is 0 Å². The molecule has 7 heteroatoms. The summed E-state index contributed by atoms with van der Waals surface area (Å²) in [5, 5.41) is 11.2. The van der Waals surface area contributed by atoms with Gasteiger partial charge in [0.15, 0.2) is 0 Å². The number of hydrogen-bond donors (Lipinski definition) is 1. The lowest BCUT2D eigenvalue weighted by Gasteiger charge is -2.25. The van der Waals surface area contributed by atoms with Crippen molar-refractivity contribution in [2.45, 2.75) is 13.0 Å². The number of amides is 1. The number of benzene rings is 3. The molecule has 1 fully saturated rings. The number of methoxy groups -OCH3 is 1. The van der Waals surface area contributed by atoms with E-state index in [0.717, 1.165) is 0 Å². The zero-order valence-electron chi connectivity index (χ0n) is 18.1. The molecule has 0 saturated carbocycles. The molecule has 1 unspecified atom stereocenters. The third kappa shape index (κ3) is 4.17. The number of rotatable bonds is 6. The molecule has 1 amide bonds. The van der Waals surface area contributed by atoms with Crippen molar-refractivity contribution in [2.24, 2.45) is 0 Å². The summed E-state index contributed by atoms with van der Waals surface area (Å²) in [6, 6.07) is 17.8. The highest BCUT2D eigenvalue weighted by Crippen LogP contribution is 2.42. The third-order valence-electron chi connectivity index (χ3n) is 5.40. The molecule has 1 saturated heterocycles. The van der Waals surface area contributed by atoms with Crippen LogP contribution in [0, 0.1) is 5.82 Å². The number of aliphatic hydroxyl groups excluding tert-OH is 1. The number of nitrogens with zero attached hydrogens (tertiary/aromatic N) is 1. The minimum atomic E-state index is -0.949. The number of carbonyl (C=O) groups is 2. The van der Waals surface area contributed by atoms with Gasteiger partial charge in [-0.1, -0.05) is 24.3 Å². The number of halogens is 1. The van der Waals surface area contributed by atoms with Gasteiger partial charge in [0.25, 0.3) is 11.7 Å². The second-order valence-electron chi connectivity index (χ2n) is 7.38. The Morgan fingerprint density at radius 3 is 2.33 bits per heavy atom. The third-order valence-corrected chi connectivity index (χ3v) is 5.40. The Labute approximate surface area is 190 Å². The predicted octanol–water partition coefficient (Wildman–Crippen LogP) is 4.86. The van der Waals surface area contributed by atoms with Gasteiger partial charge in [0, 0.05) is 11.3 Å². The van der Waals surface area contributed by atoms with Gasteiger partial charge in [-0.2, -0.15) is 0 Å². The summed E-state index contributed by atoms with van der Waals surface area (Å²) in [4.78, 5) is 27.6. The molecule has 0 bridgehead atoms. The normalized spacial score (nSPS) is 17.3. The van der Waals surface area contributed by atoms with E-state index in [1.54, 1.807) is 48.5 Å². The Bertz CT molecular complexity index is 1220. The van der Waals surface area contributed by atoms with Gasteiger partial charge in [0.1, 0.15) is 23.1 Å². The highest BCUT2D eigenvalue weighted by Gasteiger charge is 2.47. The van der Waals surface area contributed by atoms with E-state index in [-0.39, 0.29) is 11.3 Å². The van der Waals surface area contributed by atoms with Crippen LogP contribution in [0.1, 0.15) is 24.1 Å². The lowest BCUT2D eigenvalue weighted by molar-refractivity contribution is -0.132. The molecule has 3 aromatic carbocycles. The Kier molecular flexibility index (Phi) is 6.13. The summed E-state index contributed by atoms with van der Waals surface area (Å²) >= 11 is 0. The van der Waals surface area contributed by atoms with Crippen LogP contribution in [0.2, 0.25) is 0 Å². The standard InChI is InChI=1S/C26H22FNO5/c1-3-33-21-6-4-5-17(15-21)24(29)22-23(16-7-9-18(27)10-8-16)28(26(31)25(22)30)19-11-13-20(32-2)14-12-19/h4-15,23,29H,3H2,1-2H3/b24-22-. The van der Waals surface area contributed by atoms with Crippen LogP contribution in [-0.4, -0.2) is 30.5 Å². The number of hydrogen-bond acceptors (Lipinski definition) is 5. The topological polar surface area (TPSA) is 76.1 Å². The molecule has 1 N–H and O–H groups in total. The summed E-state index contributed by atoms with van der Waals surface area (Å²) in [7, 11) is 1.52. The summed E-state index contributed by atoms with van der Waals surface area (Å²) in [6.45, 7) is 2.27. The fraction of sp³-hybridized carbons (Fsp3) is 0.154. The minimum Gasteiger partial charge on any atom is -0.507 e. The number of carbonyl (C=O) groups excluding carboxylic acids is 2. The highest BCUT2D eigenvalue weighted by molar-refractivity contribution is 6.51. The van der Waals surface area contributed by atoms with Crippen LogP contribution in [0.25, 0.3) is 5.76 Å². The van der Waals surface area contributed by atoms with Crippen molar-refractivity contribution >= 4 is 23.1 Å². The maximum absolute atomic E-state index is 13.6. The van der Waals surface area contributed by atoms with Gasteiger partial charge in [-0.15, -0.1) is 0 Å². The van der Waals surface area contributed by atoms with E-state index in [1.165, 1.54) is 36.3 Å². The molecule has 3 aromatic rings. The minimum absolute atomic E-state index is 0.0870. The van der Waals surface area contributed by atoms with Crippen molar-refractivity contribution in [3.05, 3.63) is 95.3 Å². The van der Waals surface area contributed by atoms with E-state index in [0.29, 0.717) is 34.9 Å². The molecule has 0 radical (unpaired) electrons. The average Bonchev–Trinajstić information content (AvgIpc) is 3.10. The average molecular weight is 447 g/mol. The van der Waals surface area contributed by atoms with Crippen LogP contribution in [-0.2, 0) is 9.59 Å². The number of anilines is 1. The van der Waals surface area contributed by atoms with Crippen molar-refractivity contribution in [2.75, 3.05) is 18.6 Å². The second kappa shape index (κ2) is 9.16. The highest BCUT2D eigenvalue weighted by atomic mass is 19.1. The first-order valence-corrected chi connectivity index (χ1v) is 10.4. The van der Waals surface area contributed by atoms with Crippen LogP contribution >= 0.6 is 0 Å². The van der Waals surface area contributed by atoms with Crippen molar-refractivity contribution in [1.82, 2.24) is 0 Å². The molecule has 33 heavy (non-hydrogen) atoms. The molecule has 0 spiro atoms. The molecule has 0 aromatic heterocycles. The Morgan fingerprint density at radius 1 is 1.00 bits per heavy atom. The van der Waals surface area contributed by atoms with Crippen LogP contribution in [0.4, 0.5) is 10.1 Å². The first-order chi connectivity index (χ1) is 15.9. The molecule has 1 heterocycles. The molecule has 1 atom stereocenters. The van der Waals surface area contributed by atoms with Gasteiger partial charge < -0.3 is 14.6 Å². The van der Waals surface area contributed by atoms with Gasteiger partial charge >= 0.3 is 0 Å². The lowest BCUT2D eigenvalue weighted by atomic mass is 9.95. The van der Waals surface area contributed by atoms with E-state index in [9.17, 15) is 19.1 Å². The summed E-state index contributed by atoms with van der Waals surface area (Å²) in [5.41, 5.74) is 1.17. The lowest BCUT2D eigenvalue weighted by Crippen LogP contribution is -2.29. The van der Waals surface area contributed by atoms with Gasteiger partial charge in [-0.25, -0.2) is 4.39 Å². The Balaban J connectivity index is 1.90. The maximum Gasteiger partial charge on any atom is 0.300 e. The fourth-order valence-corrected chi connectivity index (χ4v) is 3.86. The van der Waals surface area contributed by atoms with Crippen molar-refractivity contribution in [3.63, 3.8) is 0 Å². The van der Waals surface area contributed by atoms with E-state index in [4.69, 9.17) is 9.47 Å². The van der Waals surface area contributed by atoms with Crippen LogP contribution in [0.5, 0.6) is 11.5 Å². The molecule has 0 aliphatic carbocycles. The largest absolute Gasteiger partial charge is 0.507 e. The van der Waals surface area contributed by atoms with Gasteiger partial charge in [0.05, 0.1) is 25.3 Å². The van der Waals surface area contributed by atoms with E-state index < -0.39 is 23.5 Å². The zero-order chi connectivity index (χ0) is 23.5. The fourth-order valence-electron chi connectivity index (χ4n) is 3.86. The second-order valence-corrected chi connectivity index (χ2v) is 7.38. The molecular weight excluding hydrogens is 425 g/mol. The van der Waals surface area contributed by atoms with Crippen LogP contribution in [0.3, 0.4) is 0 Å². The van der Waals surface area contributed by atoms with Gasteiger partial charge in [0.2, 0.25) is 0 Å². The number of Topliss-reactive ketones (excluding diaryl/α,β-unsaturated/α-hetero) is 1. The summed E-state index contributed by atoms with van der Waals surface area (Å²) in [6.07, 6.45) is 0. The van der Waals surface area contributed by atoms with Crippen LogP contribution < -0.4 is 14.4 Å². The molecule has 1 aliphatic rings.